The molecule has 0 spiro atoms. The fourth-order valence-electron chi connectivity index (χ4n) is 3.97. The van der Waals surface area contributed by atoms with Crippen molar-refractivity contribution in [3.63, 3.8) is 0 Å². The van der Waals surface area contributed by atoms with E-state index in [0.717, 1.165) is 6.07 Å². The number of rotatable bonds is 7. The molecule has 5 nitrogen and oxygen atoms in total. The average Bonchev–Trinajstić information content (AvgIpc) is 3.33. The van der Waals surface area contributed by atoms with Crippen LogP contribution in [-0.2, 0) is 17.5 Å². The van der Waals surface area contributed by atoms with Gasteiger partial charge in [0, 0.05) is 21.8 Å². The lowest BCUT2D eigenvalue weighted by Gasteiger charge is -2.16. The highest BCUT2D eigenvalue weighted by atomic mass is 79.9. The molecule has 10 heteroatoms. The summed E-state index contributed by atoms with van der Waals surface area (Å²) in [5.74, 6) is -1.14. The van der Waals surface area contributed by atoms with Crippen LogP contribution in [0, 0.1) is 5.82 Å². The minimum atomic E-state index is -4.61. The molecule has 0 fully saturated rings. The molecule has 0 atom stereocenters. The maximum absolute atomic E-state index is 14.3. The lowest BCUT2D eigenvalue weighted by atomic mass is 9.99. The summed E-state index contributed by atoms with van der Waals surface area (Å²) in [6.07, 6.45) is -2.23. The smallest absolute Gasteiger partial charge is 0.417 e. The Kier molecular flexibility index (Phi) is 7.73. The molecule has 0 bridgehead atoms. The first kappa shape index (κ1) is 25.8. The van der Waals surface area contributed by atoms with Gasteiger partial charge < -0.3 is 9.47 Å². The second-order valence-electron chi connectivity index (χ2n) is 8.04. The highest BCUT2D eigenvalue weighted by Gasteiger charge is 2.33. The fourth-order valence-corrected chi connectivity index (χ4v) is 4.30. The maximum atomic E-state index is 14.3. The van der Waals surface area contributed by atoms with E-state index in [2.05, 4.69) is 25.9 Å². The largest absolute Gasteiger partial charge is 0.472 e. The van der Waals surface area contributed by atoms with Gasteiger partial charge in [-0.2, -0.15) is 13.2 Å². The summed E-state index contributed by atoms with van der Waals surface area (Å²) < 4.78 is 66.2. The van der Waals surface area contributed by atoms with Crippen LogP contribution in [0.25, 0.3) is 11.1 Å². The number of alkyl halides is 3. The van der Waals surface area contributed by atoms with Crippen molar-refractivity contribution in [2.45, 2.75) is 39.0 Å². The van der Waals surface area contributed by atoms with Crippen molar-refractivity contribution in [2.24, 2.45) is 0 Å². The summed E-state index contributed by atoms with van der Waals surface area (Å²) in [7, 11) is 0. The number of carbonyl (C=O) groups excluding carboxylic acids is 1. The third kappa shape index (κ3) is 5.75. The Morgan fingerprint density at radius 3 is 2.61 bits per heavy atom. The zero-order valence-corrected chi connectivity index (χ0v) is 20.7. The van der Waals surface area contributed by atoms with E-state index >= 15 is 0 Å². The Hall–Kier alpha value is -3.27. The zero-order valence-electron chi connectivity index (χ0n) is 19.2. The molecular formula is C26H21BrF4N2O3. The second kappa shape index (κ2) is 10.8. The van der Waals surface area contributed by atoms with Crippen molar-refractivity contribution in [3.8, 4) is 5.88 Å². The monoisotopic (exact) mass is 564 g/mol. The molecule has 188 valence electrons. The van der Waals surface area contributed by atoms with E-state index < -0.39 is 23.5 Å². The number of aromatic nitrogens is 2. The van der Waals surface area contributed by atoms with Crippen LogP contribution < -0.4 is 4.74 Å². The Bertz CT molecular complexity index is 1320. The van der Waals surface area contributed by atoms with Crippen LogP contribution >= 0.6 is 15.9 Å². The number of benzene rings is 1. The molecule has 0 radical (unpaired) electrons. The molecule has 0 saturated carbocycles. The third-order valence-corrected chi connectivity index (χ3v) is 6.14. The highest BCUT2D eigenvalue weighted by molar-refractivity contribution is 9.10. The molecule has 2 aromatic heterocycles. The topological polar surface area (TPSA) is 61.3 Å². The number of halogens is 5. The zero-order chi connectivity index (χ0) is 25.9. The first-order valence-corrected chi connectivity index (χ1v) is 12.0. The van der Waals surface area contributed by atoms with Crippen molar-refractivity contribution < 1.29 is 31.8 Å². The summed E-state index contributed by atoms with van der Waals surface area (Å²) in [6, 6.07) is 10.3. The average molecular weight is 565 g/mol. The molecule has 0 unspecified atom stereocenters. The minimum Gasteiger partial charge on any atom is -0.472 e. The first-order valence-electron chi connectivity index (χ1n) is 11.2. The number of pyridine rings is 2. The molecule has 0 amide bonds. The predicted octanol–water partition coefficient (Wildman–Crippen LogP) is 7.25. The van der Waals surface area contributed by atoms with Gasteiger partial charge in [-0.3, -0.25) is 0 Å². The van der Waals surface area contributed by atoms with Gasteiger partial charge in [0.15, 0.2) is 0 Å². The number of esters is 1. The van der Waals surface area contributed by atoms with Gasteiger partial charge in [0.25, 0.3) is 0 Å². The molecule has 1 aliphatic rings. The van der Waals surface area contributed by atoms with E-state index in [-0.39, 0.29) is 35.9 Å². The Balaban J connectivity index is 1.76. The van der Waals surface area contributed by atoms with E-state index in [4.69, 9.17) is 9.47 Å². The molecular weight excluding hydrogens is 544 g/mol. The van der Waals surface area contributed by atoms with Crippen LogP contribution in [0.15, 0.2) is 53.1 Å². The van der Waals surface area contributed by atoms with Gasteiger partial charge in [-0.15, -0.1) is 0 Å². The molecule has 36 heavy (non-hydrogen) atoms. The fraction of sp³-hybridized carbons (Fsp3) is 0.269. The molecule has 4 rings (SSSR count). The lowest BCUT2D eigenvalue weighted by molar-refractivity contribution is -0.137. The van der Waals surface area contributed by atoms with Crippen molar-refractivity contribution in [1.82, 2.24) is 9.97 Å². The number of allylic oxidation sites excluding steroid dienone is 2. The van der Waals surface area contributed by atoms with Gasteiger partial charge in [-0.05, 0) is 67.7 Å². The van der Waals surface area contributed by atoms with E-state index in [9.17, 15) is 22.4 Å². The lowest BCUT2D eigenvalue weighted by Crippen LogP contribution is -2.09. The standard InChI is InChI=1S/C26H21BrF4N2O3/c1-2-35-25(34)23-8-4-7-22(33-23)19-6-3-5-18(19)20-11-16(26(29,30)31)13-32-24(20)36-14-15-9-10-17(27)12-21(15)28/h4,7-13H,2-3,5-6,14H2,1H3. The Morgan fingerprint density at radius 2 is 1.89 bits per heavy atom. The van der Waals surface area contributed by atoms with Crippen LogP contribution in [0.5, 0.6) is 5.88 Å². The van der Waals surface area contributed by atoms with E-state index in [1.54, 1.807) is 25.1 Å². The van der Waals surface area contributed by atoms with E-state index in [1.807, 2.05) is 0 Å². The number of hydrogen-bond acceptors (Lipinski definition) is 5. The van der Waals surface area contributed by atoms with Crippen molar-refractivity contribution >= 4 is 33.0 Å². The van der Waals surface area contributed by atoms with Crippen LogP contribution in [-0.4, -0.2) is 22.5 Å². The Morgan fingerprint density at radius 1 is 1.11 bits per heavy atom. The number of carbonyl (C=O) groups is 1. The summed E-state index contributed by atoms with van der Waals surface area (Å²) in [5.41, 5.74) is 1.34. The summed E-state index contributed by atoms with van der Waals surface area (Å²) in [5, 5.41) is 0. The van der Waals surface area contributed by atoms with Crippen LogP contribution in [0.1, 0.15) is 59.1 Å². The number of nitrogens with zero attached hydrogens (tertiary/aromatic N) is 2. The van der Waals surface area contributed by atoms with E-state index in [1.165, 1.54) is 18.2 Å². The Labute approximate surface area is 213 Å². The van der Waals surface area contributed by atoms with Crippen LogP contribution in [0.2, 0.25) is 0 Å². The van der Waals surface area contributed by atoms with Gasteiger partial charge in [0.1, 0.15) is 18.1 Å². The number of ether oxygens (including phenoxy) is 2. The maximum Gasteiger partial charge on any atom is 0.417 e. The first-order chi connectivity index (χ1) is 17.2. The van der Waals surface area contributed by atoms with Gasteiger partial charge in [-0.25, -0.2) is 19.2 Å². The number of hydrogen-bond donors (Lipinski definition) is 0. The van der Waals surface area contributed by atoms with Crippen LogP contribution in [0.4, 0.5) is 17.6 Å². The van der Waals surface area contributed by atoms with Crippen molar-refractivity contribution in [3.05, 3.63) is 87.0 Å². The summed E-state index contributed by atoms with van der Waals surface area (Å²) in [4.78, 5) is 20.5. The molecule has 1 aromatic carbocycles. The normalized spacial score (nSPS) is 13.7. The molecule has 2 heterocycles. The quantitative estimate of drug-likeness (QED) is 0.223. The van der Waals surface area contributed by atoms with Gasteiger partial charge in [-0.1, -0.05) is 28.1 Å². The minimum absolute atomic E-state index is 0.0405. The molecule has 3 aromatic rings. The van der Waals surface area contributed by atoms with Gasteiger partial charge >= 0.3 is 12.1 Å². The molecule has 0 saturated heterocycles. The van der Waals surface area contributed by atoms with Crippen molar-refractivity contribution in [2.75, 3.05) is 6.61 Å². The predicted molar refractivity (Wildman–Crippen MR) is 129 cm³/mol. The molecule has 0 aliphatic heterocycles. The second-order valence-corrected chi connectivity index (χ2v) is 8.95. The van der Waals surface area contributed by atoms with Crippen LogP contribution in [0.3, 0.4) is 0 Å². The van der Waals surface area contributed by atoms with Gasteiger partial charge in [0.05, 0.1) is 17.9 Å². The summed E-state index contributed by atoms with van der Waals surface area (Å²) in [6.45, 7) is 1.65. The molecule has 1 aliphatic carbocycles. The molecule has 0 N–H and O–H groups in total. The van der Waals surface area contributed by atoms with E-state index in [0.29, 0.717) is 46.8 Å². The van der Waals surface area contributed by atoms with Gasteiger partial charge in [0.2, 0.25) is 5.88 Å². The third-order valence-electron chi connectivity index (χ3n) is 5.64. The van der Waals surface area contributed by atoms with Crippen molar-refractivity contribution in [1.29, 1.82) is 0 Å². The highest BCUT2D eigenvalue weighted by Crippen LogP contribution is 2.43. The summed E-state index contributed by atoms with van der Waals surface area (Å²) >= 11 is 3.19. The SMILES string of the molecule is CCOC(=O)c1cccc(C2=C(c3cc(C(F)(F)F)cnc3OCc3ccc(Br)cc3F)CCC2)n1.